The topological polar surface area (TPSA) is 48.8 Å². The predicted molar refractivity (Wildman–Crippen MR) is 207 cm³/mol. The highest BCUT2D eigenvalue weighted by Crippen LogP contribution is 2.48. The number of hydrogen-bond acceptors (Lipinski definition) is 1. The van der Waals surface area contributed by atoms with Crippen LogP contribution in [0.5, 0.6) is 0 Å². The van der Waals surface area contributed by atoms with E-state index in [0.29, 0.717) is 35.5 Å². The Morgan fingerprint density at radius 2 is 0.652 bits per heavy atom. The van der Waals surface area contributed by atoms with Crippen molar-refractivity contribution in [1.29, 1.82) is 0 Å². The number of rotatable bonds is 12. The minimum Gasteiger partial charge on any atom is -0.0608 e. The fourth-order valence-corrected chi connectivity index (χ4v) is 10.8. The molecule has 3 aromatic carbocycles. The molecule has 0 saturated heterocycles. The van der Waals surface area contributed by atoms with Gasteiger partial charge in [-0.1, -0.05) is 140 Å². The van der Waals surface area contributed by atoms with Gasteiger partial charge >= 0.3 is 0 Å². The number of hydrogen-bond donors (Lipinski definition) is 0. The lowest BCUT2D eigenvalue weighted by Gasteiger charge is -2.37. The van der Waals surface area contributed by atoms with Crippen LogP contribution in [0.1, 0.15) is 203 Å². The van der Waals surface area contributed by atoms with Gasteiger partial charge in [0, 0.05) is 10.6 Å². The molecule has 0 radical (unpaired) electrons. The molecule has 3 nitrogen and oxygen atoms in total. The molecule has 3 rings (SSSR count). The molecule has 0 saturated carbocycles. The summed E-state index contributed by atoms with van der Waals surface area (Å²) < 4.78 is 0. The first kappa shape index (κ1) is 37.9. The van der Waals surface area contributed by atoms with Crippen molar-refractivity contribution in [3.8, 4) is 0 Å². The summed E-state index contributed by atoms with van der Waals surface area (Å²) in [7, 11) is -0.985. The monoisotopic (exact) mass is 639 g/mol. The summed E-state index contributed by atoms with van der Waals surface area (Å²) in [5, 5.41) is 8.74. The van der Waals surface area contributed by atoms with E-state index in [2.05, 4.69) is 157 Å². The van der Waals surface area contributed by atoms with Crippen molar-refractivity contribution in [1.82, 2.24) is 0 Å². The van der Waals surface area contributed by atoms with Gasteiger partial charge in [0.05, 0.1) is 0 Å². The highest BCUT2D eigenvalue weighted by molar-refractivity contribution is 7.80. The summed E-state index contributed by atoms with van der Waals surface area (Å²) in [5.41, 5.74) is 21.7. The van der Waals surface area contributed by atoms with Crippen LogP contribution in [0.25, 0.3) is 10.4 Å². The van der Waals surface area contributed by atoms with Crippen molar-refractivity contribution in [2.75, 3.05) is 0 Å². The molecular weight excluding hydrogens is 577 g/mol. The zero-order chi connectivity index (χ0) is 34.8. The summed E-state index contributed by atoms with van der Waals surface area (Å²) >= 11 is 0. The molecule has 3 aromatic rings. The first-order valence-corrected chi connectivity index (χ1v) is 19.1. The minimum atomic E-state index is -0.985. The third-order valence-electron chi connectivity index (χ3n) is 9.43. The van der Waals surface area contributed by atoms with Crippen LogP contribution < -0.4 is 15.9 Å². The first-order valence-electron chi connectivity index (χ1n) is 17.8. The zero-order valence-corrected chi connectivity index (χ0v) is 32.8. The molecule has 0 aliphatic heterocycles. The Bertz CT molecular complexity index is 1400. The van der Waals surface area contributed by atoms with Gasteiger partial charge in [-0.15, -0.1) is 0 Å². The van der Waals surface area contributed by atoms with Crippen molar-refractivity contribution in [3.63, 3.8) is 0 Å². The lowest BCUT2D eigenvalue weighted by atomic mass is 9.89. The average Bonchev–Trinajstić information content (AvgIpc) is 2.96. The largest absolute Gasteiger partial charge is 0.0608 e. The Labute approximate surface area is 283 Å². The molecule has 0 spiro atoms. The molecule has 0 unspecified atom stereocenters. The molecule has 0 bridgehead atoms. The highest BCUT2D eigenvalue weighted by Gasteiger charge is 2.35. The van der Waals surface area contributed by atoms with E-state index in [4.69, 9.17) is 0 Å². The standard InChI is InChI=1S/C42H62N3P/c1-23(2)31-17-34(25(5)6)40(35(18-31)26(7)8)46(41-36(27(9)10)19-32(24(3)4)20-37(41)28(11)12)42-38(29(13)14)21-33(44-45-43)22-39(42)30(15)16/h17-30H,1-16H3. The second kappa shape index (κ2) is 15.5. The van der Waals surface area contributed by atoms with Gasteiger partial charge in [0.1, 0.15) is 0 Å². The molecule has 0 atom stereocenters. The lowest BCUT2D eigenvalue weighted by Crippen LogP contribution is -2.35. The molecule has 4 heteroatoms. The van der Waals surface area contributed by atoms with Crippen LogP contribution in [0.4, 0.5) is 5.69 Å². The van der Waals surface area contributed by atoms with Crippen LogP contribution in [0, 0.1) is 0 Å². The Morgan fingerprint density at radius 3 is 0.848 bits per heavy atom. The predicted octanol–water partition coefficient (Wildman–Crippen LogP) is 13.4. The summed E-state index contributed by atoms with van der Waals surface area (Å²) in [5.74, 6) is 2.97. The molecule has 0 aliphatic carbocycles. The smallest absolute Gasteiger partial charge is 0.0381 e. The molecule has 0 aliphatic rings. The van der Waals surface area contributed by atoms with Crippen LogP contribution in [-0.2, 0) is 0 Å². The van der Waals surface area contributed by atoms with Gasteiger partial charge in [0.25, 0.3) is 0 Å². The van der Waals surface area contributed by atoms with Gasteiger partial charge < -0.3 is 0 Å². The van der Waals surface area contributed by atoms with Crippen molar-refractivity contribution in [2.45, 2.75) is 158 Å². The minimum absolute atomic E-state index is 0.270. The van der Waals surface area contributed by atoms with Gasteiger partial charge in [0.15, 0.2) is 0 Å². The molecule has 0 N–H and O–H groups in total. The van der Waals surface area contributed by atoms with Crippen LogP contribution in [0.15, 0.2) is 41.5 Å². The fraction of sp³-hybridized carbons (Fsp3) is 0.571. The maximum Gasteiger partial charge on any atom is 0.0381 e. The van der Waals surface area contributed by atoms with Crippen molar-refractivity contribution >= 4 is 29.5 Å². The van der Waals surface area contributed by atoms with Gasteiger partial charge in [-0.25, -0.2) is 0 Å². The van der Waals surface area contributed by atoms with E-state index < -0.39 is 7.92 Å². The second-order valence-corrected chi connectivity index (χ2v) is 17.8. The van der Waals surface area contributed by atoms with E-state index in [1.165, 1.54) is 49.8 Å². The molecule has 46 heavy (non-hydrogen) atoms. The normalized spacial score (nSPS) is 12.4. The van der Waals surface area contributed by atoms with Gasteiger partial charge in [0.2, 0.25) is 0 Å². The third kappa shape index (κ3) is 7.91. The van der Waals surface area contributed by atoms with Crippen LogP contribution in [0.3, 0.4) is 0 Å². The Hall–Kier alpha value is -2.60. The summed E-state index contributed by atoms with van der Waals surface area (Å²) in [6.07, 6.45) is 0. The van der Waals surface area contributed by atoms with Gasteiger partial charge in [-0.2, -0.15) is 0 Å². The molecule has 0 heterocycles. The summed E-state index contributed by atoms with van der Waals surface area (Å²) in [6, 6.07) is 14.5. The quantitative estimate of drug-likeness (QED) is 0.0819. The van der Waals surface area contributed by atoms with Gasteiger partial charge in [-0.05, 0) is 133 Å². The zero-order valence-electron chi connectivity index (χ0n) is 31.9. The van der Waals surface area contributed by atoms with E-state index in [-0.39, 0.29) is 11.8 Å². The van der Waals surface area contributed by atoms with Crippen LogP contribution >= 0.6 is 7.92 Å². The Balaban J connectivity index is 2.85. The highest BCUT2D eigenvalue weighted by atomic mass is 31.1. The lowest BCUT2D eigenvalue weighted by molar-refractivity contribution is 0.811. The third-order valence-corrected chi connectivity index (χ3v) is 12.3. The van der Waals surface area contributed by atoms with E-state index in [1.807, 2.05) is 0 Å². The van der Waals surface area contributed by atoms with E-state index in [0.717, 1.165) is 5.69 Å². The van der Waals surface area contributed by atoms with Gasteiger partial charge in [-0.3, -0.25) is 0 Å². The maximum atomic E-state index is 9.51. The van der Waals surface area contributed by atoms with E-state index in [9.17, 15) is 5.53 Å². The number of azide groups is 1. The SMILES string of the molecule is CC(C)c1cc(C(C)C)c(P(c2c(C(C)C)cc(N=[N+]=[N-])cc2C(C)C)c2c(C(C)C)cc(C(C)C)cc2C(C)C)c(C(C)C)c1. The van der Waals surface area contributed by atoms with Crippen molar-refractivity contribution in [2.24, 2.45) is 5.11 Å². The van der Waals surface area contributed by atoms with E-state index >= 15 is 0 Å². The molecule has 0 amide bonds. The molecular formula is C42H62N3P. The average molecular weight is 640 g/mol. The summed E-state index contributed by atoms with van der Waals surface area (Å²) in [6.45, 7) is 37.6. The summed E-state index contributed by atoms with van der Waals surface area (Å²) in [4.78, 5) is 3.23. The van der Waals surface area contributed by atoms with Crippen LogP contribution in [0.2, 0.25) is 0 Å². The fourth-order valence-electron chi connectivity index (χ4n) is 6.60. The molecule has 250 valence electrons. The molecule has 0 fully saturated rings. The van der Waals surface area contributed by atoms with Crippen molar-refractivity contribution < 1.29 is 0 Å². The first-order chi connectivity index (χ1) is 21.4. The Kier molecular flexibility index (Phi) is 12.8. The number of nitrogens with zero attached hydrogens (tertiary/aromatic N) is 3. The number of benzene rings is 3. The molecule has 0 aromatic heterocycles. The van der Waals surface area contributed by atoms with Crippen LogP contribution in [-0.4, -0.2) is 0 Å². The van der Waals surface area contributed by atoms with Crippen molar-refractivity contribution in [3.05, 3.63) is 91.3 Å². The second-order valence-electron chi connectivity index (χ2n) is 15.8. The van der Waals surface area contributed by atoms with E-state index in [1.54, 1.807) is 10.6 Å². The maximum absolute atomic E-state index is 9.51. The Morgan fingerprint density at radius 1 is 0.413 bits per heavy atom.